The van der Waals surface area contributed by atoms with E-state index in [0.29, 0.717) is 22.3 Å². The van der Waals surface area contributed by atoms with Crippen molar-refractivity contribution in [2.45, 2.75) is 6.42 Å². The minimum atomic E-state index is -0.418. The van der Waals surface area contributed by atoms with Gasteiger partial charge in [-0.3, -0.25) is 9.59 Å². The number of ether oxygens (including phenoxy) is 1. The zero-order valence-electron chi connectivity index (χ0n) is 15.0. The van der Waals surface area contributed by atoms with E-state index in [0.717, 1.165) is 29.0 Å². The Balaban J connectivity index is 1.34. The Hall–Kier alpha value is -2.61. The number of fused-ring (bicyclic) bond motifs is 1. The molecule has 0 aliphatic carbocycles. The molecule has 2 amide bonds. The van der Waals surface area contributed by atoms with E-state index in [1.54, 1.807) is 0 Å². The molecular weight excluding hydrogens is 433 g/mol. The summed E-state index contributed by atoms with van der Waals surface area (Å²) in [6.07, 6.45) is 0.884. The Morgan fingerprint density at radius 3 is 2.83 bits per heavy atom. The predicted octanol–water partition coefficient (Wildman–Crippen LogP) is 4.42. The van der Waals surface area contributed by atoms with Crippen LogP contribution in [0.1, 0.15) is 15.9 Å². The number of aromatic nitrogens is 1. The lowest BCUT2D eigenvalue weighted by atomic mass is 10.1. The van der Waals surface area contributed by atoms with Crippen LogP contribution >= 0.6 is 34.5 Å². The molecule has 1 aliphatic heterocycles. The second kappa shape index (κ2) is 8.41. The number of hydrogen-bond donors (Lipinski definition) is 2. The van der Waals surface area contributed by atoms with Crippen molar-refractivity contribution in [3.8, 4) is 17.0 Å². The molecule has 2 N–H and O–H groups in total. The number of amides is 2. The predicted molar refractivity (Wildman–Crippen MR) is 114 cm³/mol. The Labute approximate surface area is 180 Å². The van der Waals surface area contributed by atoms with Crippen LogP contribution in [-0.4, -0.2) is 29.9 Å². The number of nitrogens with zero attached hydrogens (tertiary/aromatic N) is 1. The van der Waals surface area contributed by atoms with E-state index >= 15 is 0 Å². The first-order valence-electron chi connectivity index (χ1n) is 8.74. The summed E-state index contributed by atoms with van der Waals surface area (Å²) < 4.78 is 5.51. The number of halogens is 2. The highest BCUT2D eigenvalue weighted by molar-refractivity contribution is 7.14. The summed E-state index contributed by atoms with van der Waals surface area (Å²) in [6, 6.07) is 10.5. The Morgan fingerprint density at radius 2 is 2.00 bits per heavy atom. The maximum Gasteiger partial charge on any atom is 0.251 e. The zero-order valence-corrected chi connectivity index (χ0v) is 17.3. The molecule has 0 saturated heterocycles. The molecule has 29 heavy (non-hydrogen) atoms. The van der Waals surface area contributed by atoms with Gasteiger partial charge in [0.15, 0.2) is 5.13 Å². The van der Waals surface area contributed by atoms with Gasteiger partial charge in [-0.05, 0) is 42.0 Å². The molecule has 148 valence electrons. The number of thiazole rings is 1. The molecule has 0 spiro atoms. The standard InChI is InChI=1S/C20H15Cl2N3O3S/c21-14-3-1-13(8-15(14)22)19(27)23-9-18(26)25-20-24-16(10-29-20)11-2-4-17-12(7-11)5-6-28-17/h1-4,7-8,10H,5-6,9H2,(H,23,27)(H,24,25,26). The van der Waals surface area contributed by atoms with Crippen molar-refractivity contribution in [2.24, 2.45) is 0 Å². The summed E-state index contributed by atoms with van der Waals surface area (Å²) in [5, 5.41) is 8.21. The topological polar surface area (TPSA) is 80.3 Å². The Morgan fingerprint density at radius 1 is 1.14 bits per heavy atom. The summed E-state index contributed by atoms with van der Waals surface area (Å²) in [6.45, 7) is 0.509. The van der Waals surface area contributed by atoms with Crippen LogP contribution in [0, 0.1) is 0 Å². The molecule has 0 saturated carbocycles. The van der Waals surface area contributed by atoms with Gasteiger partial charge in [0.1, 0.15) is 5.75 Å². The molecule has 0 radical (unpaired) electrons. The fourth-order valence-corrected chi connectivity index (χ4v) is 3.91. The molecule has 4 rings (SSSR count). The van der Waals surface area contributed by atoms with Gasteiger partial charge in [0, 0.05) is 22.9 Å². The number of carbonyl (C=O) groups is 2. The maximum atomic E-state index is 12.1. The third kappa shape index (κ3) is 4.53. The highest BCUT2D eigenvalue weighted by atomic mass is 35.5. The molecule has 2 heterocycles. The van der Waals surface area contributed by atoms with Crippen LogP contribution < -0.4 is 15.4 Å². The van der Waals surface area contributed by atoms with Crippen LogP contribution in [-0.2, 0) is 11.2 Å². The molecule has 6 nitrogen and oxygen atoms in total. The van der Waals surface area contributed by atoms with E-state index in [9.17, 15) is 9.59 Å². The van der Waals surface area contributed by atoms with Gasteiger partial charge in [-0.1, -0.05) is 23.2 Å². The summed E-state index contributed by atoms with van der Waals surface area (Å²) in [7, 11) is 0. The van der Waals surface area contributed by atoms with Gasteiger partial charge >= 0.3 is 0 Å². The lowest BCUT2D eigenvalue weighted by molar-refractivity contribution is -0.115. The van der Waals surface area contributed by atoms with Crippen LogP contribution in [0.4, 0.5) is 5.13 Å². The molecule has 2 aromatic carbocycles. The zero-order chi connectivity index (χ0) is 20.4. The average molecular weight is 448 g/mol. The summed E-state index contributed by atoms with van der Waals surface area (Å²) in [4.78, 5) is 28.7. The van der Waals surface area contributed by atoms with E-state index in [1.807, 2.05) is 17.5 Å². The first-order chi connectivity index (χ1) is 14.0. The first kappa shape index (κ1) is 19.7. The fraction of sp³-hybridized carbons (Fsp3) is 0.150. The van der Waals surface area contributed by atoms with Crippen LogP contribution in [0.2, 0.25) is 10.0 Å². The van der Waals surface area contributed by atoms with Gasteiger partial charge in [-0.15, -0.1) is 11.3 Å². The van der Waals surface area contributed by atoms with Crippen molar-refractivity contribution in [3.63, 3.8) is 0 Å². The van der Waals surface area contributed by atoms with Crippen molar-refractivity contribution < 1.29 is 14.3 Å². The Kier molecular flexibility index (Phi) is 5.71. The molecular formula is C20H15Cl2N3O3S. The third-order valence-corrected chi connectivity index (χ3v) is 5.82. The molecule has 1 aliphatic rings. The van der Waals surface area contributed by atoms with Gasteiger partial charge in [0.25, 0.3) is 5.91 Å². The lowest BCUT2D eigenvalue weighted by Crippen LogP contribution is -2.32. The fourth-order valence-electron chi connectivity index (χ4n) is 2.87. The van der Waals surface area contributed by atoms with Gasteiger partial charge in [0.2, 0.25) is 5.91 Å². The normalized spacial score (nSPS) is 12.2. The van der Waals surface area contributed by atoms with Crippen LogP contribution in [0.25, 0.3) is 11.3 Å². The number of hydrogen-bond acceptors (Lipinski definition) is 5. The monoisotopic (exact) mass is 447 g/mol. The molecule has 0 bridgehead atoms. The number of rotatable bonds is 5. The number of nitrogens with one attached hydrogen (secondary N) is 2. The van der Waals surface area contributed by atoms with Gasteiger partial charge in [0.05, 0.1) is 28.9 Å². The van der Waals surface area contributed by atoms with E-state index in [1.165, 1.54) is 29.5 Å². The smallest absolute Gasteiger partial charge is 0.251 e. The second-order valence-electron chi connectivity index (χ2n) is 6.32. The highest BCUT2D eigenvalue weighted by Gasteiger charge is 2.15. The highest BCUT2D eigenvalue weighted by Crippen LogP contribution is 2.31. The lowest BCUT2D eigenvalue weighted by Gasteiger charge is -2.06. The maximum absolute atomic E-state index is 12.1. The number of benzene rings is 2. The van der Waals surface area contributed by atoms with Gasteiger partial charge < -0.3 is 15.4 Å². The molecule has 0 fully saturated rings. The minimum Gasteiger partial charge on any atom is -0.493 e. The van der Waals surface area contributed by atoms with Crippen molar-refractivity contribution in [2.75, 3.05) is 18.5 Å². The van der Waals surface area contributed by atoms with Crippen molar-refractivity contribution in [3.05, 3.63) is 63.0 Å². The van der Waals surface area contributed by atoms with E-state index in [-0.39, 0.29) is 17.5 Å². The summed E-state index contributed by atoms with van der Waals surface area (Å²) in [5.41, 5.74) is 3.23. The van der Waals surface area contributed by atoms with E-state index in [4.69, 9.17) is 27.9 Å². The SMILES string of the molecule is O=C(CNC(=O)c1ccc(Cl)c(Cl)c1)Nc1nc(-c2ccc3c(c2)CCO3)cs1. The molecule has 0 unspecified atom stereocenters. The first-order valence-corrected chi connectivity index (χ1v) is 10.4. The quantitative estimate of drug-likeness (QED) is 0.606. The molecule has 0 atom stereocenters. The largest absolute Gasteiger partial charge is 0.493 e. The molecule has 3 aromatic rings. The summed E-state index contributed by atoms with van der Waals surface area (Å²) in [5.74, 6) is 0.121. The van der Waals surface area contributed by atoms with Crippen molar-refractivity contribution in [1.82, 2.24) is 10.3 Å². The van der Waals surface area contributed by atoms with Crippen molar-refractivity contribution >= 4 is 51.5 Å². The average Bonchev–Trinajstić information content (AvgIpc) is 3.37. The van der Waals surface area contributed by atoms with Crippen LogP contribution in [0.3, 0.4) is 0 Å². The van der Waals surface area contributed by atoms with E-state index < -0.39 is 5.91 Å². The number of anilines is 1. The van der Waals surface area contributed by atoms with Crippen molar-refractivity contribution in [1.29, 1.82) is 0 Å². The molecule has 9 heteroatoms. The van der Waals surface area contributed by atoms with E-state index in [2.05, 4.69) is 21.7 Å². The minimum absolute atomic E-state index is 0.190. The van der Waals surface area contributed by atoms with Gasteiger partial charge in [-0.25, -0.2) is 4.98 Å². The third-order valence-electron chi connectivity index (χ3n) is 4.33. The second-order valence-corrected chi connectivity index (χ2v) is 7.99. The summed E-state index contributed by atoms with van der Waals surface area (Å²) >= 11 is 13.1. The number of carbonyl (C=O) groups excluding carboxylic acids is 2. The molecule has 1 aromatic heterocycles. The van der Waals surface area contributed by atoms with Crippen LogP contribution in [0.5, 0.6) is 5.75 Å². The van der Waals surface area contributed by atoms with Gasteiger partial charge in [-0.2, -0.15) is 0 Å². The van der Waals surface area contributed by atoms with Crippen LogP contribution in [0.15, 0.2) is 41.8 Å². The Bertz CT molecular complexity index is 1100.